The van der Waals surface area contributed by atoms with Crippen LogP contribution >= 0.6 is 11.3 Å². The van der Waals surface area contributed by atoms with E-state index >= 15 is 0 Å². The Morgan fingerprint density at radius 2 is 2.45 bits per heavy atom. The van der Waals surface area contributed by atoms with Gasteiger partial charge < -0.3 is 4.57 Å². The van der Waals surface area contributed by atoms with Gasteiger partial charge in [0.1, 0.15) is 11.8 Å². The molecule has 0 spiro atoms. The molecule has 0 saturated carbocycles. The van der Waals surface area contributed by atoms with Gasteiger partial charge in [0.25, 0.3) is 0 Å². The molecule has 2 aromatic rings. The second kappa shape index (κ2) is 6.17. The minimum atomic E-state index is -0.155. The van der Waals surface area contributed by atoms with Gasteiger partial charge in [0, 0.05) is 23.2 Å². The SMILES string of the molecule is Cc1c(/C=N\NC(=O)Cc2cccs2)cc(C#N)n1C. The number of amides is 1. The van der Waals surface area contributed by atoms with Gasteiger partial charge in [0.05, 0.1) is 12.6 Å². The summed E-state index contributed by atoms with van der Waals surface area (Å²) in [7, 11) is 1.82. The highest BCUT2D eigenvalue weighted by molar-refractivity contribution is 7.10. The fourth-order valence-corrected chi connectivity index (χ4v) is 2.45. The topological polar surface area (TPSA) is 70.2 Å². The van der Waals surface area contributed by atoms with Crippen molar-refractivity contribution in [1.29, 1.82) is 5.26 Å². The van der Waals surface area contributed by atoms with Crippen LogP contribution in [0.15, 0.2) is 28.7 Å². The van der Waals surface area contributed by atoms with Gasteiger partial charge in [-0.3, -0.25) is 4.79 Å². The molecule has 0 bridgehead atoms. The highest BCUT2D eigenvalue weighted by Gasteiger charge is 2.07. The Morgan fingerprint density at radius 3 is 3.05 bits per heavy atom. The van der Waals surface area contributed by atoms with Gasteiger partial charge in [-0.15, -0.1) is 11.3 Å². The third-order valence-corrected chi connectivity index (χ3v) is 3.87. The van der Waals surface area contributed by atoms with E-state index in [0.717, 1.165) is 16.1 Å². The number of rotatable bonds is 4. The Bertz CT molecular complexity index is 677. The summed E-state index contributed by atoms with van der Waals surface area (Å²) in [5, 5.41) is 14.8. The number of hydrogen-bond acceptors (Lipinski definition) is 4. The molecule has 6 heteroatoms. The molecule has 0 aliphatic rings. The van der Waals surface area contributed by atoms with Crippen LogP contribution in [-0.2, 0) is 18.3 Å². The van der Waals surface area contributed by atoms with Crippen LogP contribution in [0.25, 0.3) is 0 Å². The molecular weight excluding hydrogens is 272 g/mol. The molecule has 0 saturated heterocycles. The standard InChI is InChI=1S/C14H14N4OS/c1-10-11(6-12(8-15)18(10)2)9-16-17-14(19)7-13-4-3-5-20-13/h3-6,9H,7H2,1-2H3,(H,17,19)/b16-9-. The number of hydrazone groups is 1. The van der Waals surface area contributed by atoms with Crippen LogP contribution in [0.3, 0.4) is 0 Å². The summed E-state index contributed by atoms with van der Waals surface area (Å²) >= 11 is 1.54. The summed E-state index contributed by atoms with van der Waals surface area (Å²) in [6.45, 7) is 1.90. The van der Waals surface area contributed by atoms with E-state index in [1.54, 1.807) is 16.8 Å². The van der Waals surface area contributed by atoms with E-state index in [1.807, 2.05) is 31.5 Å². The molecule has 0 aliphatic carbocycles. The maximum absolute atomic E-state index is 11.6. The molecule has 0 atom stereocenters. The summed E-state index contributed by atoms with van der Waals surface area (Å²) < 4.78 is 1.79. The molecule has 0 aliphatic heterocycles. The van der Waals surface area contributed by atoms with Crippen molar-refractivity contribution in [3.8, 4) is 6.07 Å². The number of nitrogens with one attached hydrogen (secondary N) is 1. The highest BCUT2D eigenvalue weighted by Crippen LogP contribution is 2.11. The van der Waals surface area contributed by atoms with Crippen LogP contribution in [0.4, 0.5) is 0 Å². The zero-order chi connectivity index (χ0) is 14.5. The second-order valence-corrected chi connectivity index (χ2v) is 5.32. The summed E-state index contributed by atoms with van der Waals surface area (Å²) in [6.07, 6.45) is 1.88. The quantitative estimate of drug-likeness (QED) is 0.689. The van der Waals surface area contributed by atoms with Crippen LogP contribution in [-0.4, -0.2) is 16.7 Å². The van der Waals surface area contributed by atoms with Gasteiger partial charge in [-0.2, -0.15) is 10.4 Å². The van der Waals surface area contributed by atoms with Crippen molar-refractivity contribution in [3.05, 3.63) is 45.4 Å². The monoisotopic (exact) mass is 286 g/mol. The van der Waals surface area contributed by atoms with E-state index in [1.165, 1.54) is 11.3 Å². The lowest BCUT2D eigenvalue weighted by Crippen LogP contribution is -2.19. The van der Waals surface area contributed by atoms with E-state index in [4.69, 9.17) is 5.26 Å². The average Bonchev–Trinajstić information content (AvgIpc) is 3.02. The smallest absolute Gasteiger partial charge is 0.245 e. The van der Waals surface area contributed by atoms with Crippen LogP contribution in [0.1, 0.15) is 21.8 Å². The minimum Gasteiger partial charge on any atom is -0.339 e. The van der Waals surface area contributed by atoms with Crippen LogP contribution in [0.2, 0.25) is 0 Å². The Hall–Kier alpha value is -2.39. The number of thiophene rings is 1. The number of carbonyl (C=O) groups is 1. The van der Waals surface area contributed by atoms with Crippen molar-refractivity contribution >= 4 is 23.5 Å². The summed E-state index contributed by atoms with van der Waals surface area (Å²) in [4.78, 5) is 12.6. The molecule has 2 heterocycles. The Balaban J connectivity index is 1.97. The summed E-state index contributed by atoms with van der Waals surface area (Å²) in [5.74, 6) is -0.155. The van der Waals surface area contributed by atoms with Crippen LogP contribution in [0, 0.1) is 18.3 Å². The minimum absolute atomic E-state index is 0.155. The van der Waals surface area contributed by atoms with Crippen molar-refractivity contribution in [2.24, 2.45) is 12.1 Å². The van der Waals surface area contributed by atoms with E-state index in [-0.39, 0.29) is 5.91 Å². The molecule has 102 valence electrons. The first kappa shape index (κ1) is 14.0. The predicted octanol–water partition coefficient (Wildman–Crippen LogP) is 1.96. The maximum Gasteiger partial charge on any atom is 0.245 e. The second-order valence-electron chi connectivity index (χ2n) is 4.29. The van der Waals surface area contributed by atoms with Crippen LogP contribution in [0.5, 0.6) is 0 Å². The van der Waals surface area contributed by atoms with E-state index in [9.17, 15) is 4.79 Å². The molecule has 5 nitrogen and oxygen atoms in total. The van der Waals surface area contributed by atoms with Crippen molar-refractivity contribution in [3.63, 3.8) is 0 Å². The zero-order valence-corrected chi connectivity index (χ0v) is 12.1. The molecule has 0 radical (unpaired) electrons. The first-order valence-corrected chi connectivity index (χ1v) is 6.90. The Kier molecular flexibility index (Phi) is 4.33. The molecule has 2 rings (SSSR count). The predicted molar refractivity (Wildman–Crippen MR) is 78.6 cm³/mol. The fourth-order valence-electron chi connectivity index (χ4n) is 1.75. The summed E-state index contributed by atoms with van der Waals surface area (Å²) in [5.41, 5.74) is 4.80. The van der Waals surface area contributed by atoms with Gasteiger partial charge in [-0.1, -0.05) is 6.07 Å². The third kappa shape index (κ3) is 3.13. The molecule has 20 heavy (non-hydrogen) atoms. The Labute approximate surface area is 121 Å². The number of nitriles is 1. The largest absolute Gasteiger partial charge is 0.339 e. The molecule has 0 fully saturated rings. The lowest BCUT2D eigenvalue weighted by Gasteiger charge is -1.98. The molecule has 0 aromatic carbocycles. The number of carbonyl (C=O) groups excluding carboxylic acids is 1. The molecule has 1 amide bonds. The summed E-state index contributed by atoms with van der Waals surface area (Å²) in [6, 6.07) is 7.66. The van der Waals surface area contributed by atoms with E-state index in [2.05, 4.69) is 16.6 Å². The third-order valence-electron chi connectivity index (χ3n) is 3.00. The van der Waals surface area contributed by atoms with E-state index in [0.29, 0.717) is 12.1 Å². The average molecular weight is 286 g/mol. The van der Waals surface area contributed by atoms with Gasteiger partial charge >= 0.3 is 0 Å². The maximum atomic E-state index is 11.6. The number of aromatic nitrogens is 1. The fraction of sp³-hybridized carbons (Fsp3) is 0.214. The first-order chi connectivity index (χ1) is 9.61. The van der Waals surface area contributed by atoms with Crippen molar-refractivity contribution in [2.45, 2.75) is 13.3 Å². The Morgan fingerprint density at radius 1 is 1.65 bits per heavy atom. The lowest BCUT2D eigenvalue weighted by molar-refractivity contribution is -0.120. The van der Waals surface area contributed by atoms with Crippen LogP contribution < -0.4 is 5.43 Å². The molecule has 2 aromatic heterocycles. The van der Waals surface area contributed by atoms with Crippen molar-refractivity contribution in [2.75, 3.05) is 0 Å². The lowest BCUT2D eigenvalue weighted by atomic mass is 10.3. The van der Waals surface area contributed by atoms with Gasteiger partial charge in [-0.25, -0.2) is 5.43 Å². The van der Waals surface area contributed by atoms with Gasteiger partial charge in [0.2, 0.25) is 5.91 Å². The molecular formula is C14H14N4OS. The zero-order valence-electron chi connectivity index (χ0n) is 11.3. The van der Waals surface area contributed by atoms with Gasteiger partial charge in [-0.05, 0) is 24.4 Å². The molecule has 0 unspecified atom stereocenters. The molecule has 1 N–H and O–H groups in total. The number of nitrogens with zero attached hydrogens (tertiary/aromatic N) is 3. The van der Waals surface area contributed by atoms with Crippen molar-refractivity contribution < 1.29 is 4.79 Å². The normalized spacial score (nSPS) is 10.7. The first-order valence-electron chi connectivity index (χ1n) is 6.02. The van der Waals surface area contributed by atoms with Gasteiger partial charge in [0.15, 0.2) is 0 Å². The number of hydrogen-bond donors (Lipinski definition) is 1. The van der Waals surface area contributed by atoms with E-state index < -0.39 is 0 Å². The highest BCUT2D eigenvalue weighted by atomic mass is 32.1. The van der Waals surface area contributed by atoms with Crippen molar-refractivity contribution in [1.82, 2.24) is 9.99 Å².